The van der Waals surface area contributed by atoms with Gasteiger partial charge in [-0.05, 0) is 24.5 Å². The van der Waals surface area contributed by atoms with Crippen LogP contribution in [0.15, 0.2) is 23.1 Å². The lowest BCUT2D eigenvalue weighted by Gasteiger charge is -2.06. The number of esters is 1. The number of carbonyl (C=O) groups is 1. The summed E-state index contributed by atoms with van der Waals surface area (Å²) in [4.78, 5) is 11.8. The maximum Gasteiger partial charge on any atom is 0.337 e. The van der Waals surface area contributed by atoms with E-state index in [4.69, 9.17) is 9.22 Å². The van der Waals surface area contributed by atoms with Gasteiger partial charge in [-0.1, -0.05) is 6.07 Å². The zero-order valence-corrected chi connectivity index (χ0v) is 9.13. The second kappa shape index (κ2) is 5.78. The number of thioether (sulfide) groups is 1. The van der Waals surface area contributed by atoms with Crippen molar-refractivity contribution in [1.82, 2.24) is 0 Å². The number of aryl methyl sites for hydroxylation is 1. The maximum absolute atomic E-state index is 11.4. The summed E-state index contributed by atoms with van der Waals surface area (Å²) in [6, 6.07) is 4.31. The largest absolute Gasteiger partial charge is 0.465 e. The van der Waals surface area contributed by atoms with Gasteiger partial charge < -0.3 is 9.84 Å². The lowest BCUT2D eigenvalue weighted by Crippen LogP contribution is -2.01. The van der Waals surface area contributed by atoms with Crippen molar-refractivity contribution in [2.75, 3.05) is 19.5 Å². The number of ether oxygens (including phenoxy) is 1. The number of rotatable bonds is 4. The Kier molecular flexibility index (Phi) is 3.15. The number of benzene rings is 1. The topological polar surface area (TPSA) is 46.5 Å². The minimum absolute atomic E-state index is 0.0619. The van der Waals surface area contributed by atoms with Gasteiger partial charge in [0.2, 0.25) is 0 Å². The van der Waals surface area contributed by atoms with Crippen LogP contribution in [0.2, 0.25) is 0 Å². The Morgan fingerprint density at radius 2 is 2.47 bits per heavy atom. The highest BCUT2D eigenvalue weighted by Gasteiger charge is 2.07. The van der Waals surface area contributed by atoms with E-state index in [1.807, 2.05) is 0 Å². The van der Waals surface area contributed by atoms with Gasteiger partial charge in [-0.2, -0.15) is 0 Å². The van der Waals surface area contributed by atoms with Crippen molar-refractivity contribution in [3.05, 3.63) is 29.3 Å². The summed E-state index contributed by atoms with van der Waals surface area (Å²) >= 11 is 1.20. The third-order valence-corrected chi connectivity index (χ3v) is 2.79. The standard InChI is InChI=1S/C11H14O3S/c1-8-3-4-9(11(13)14-2)7-10(8)15-6-5-12/h3-4,7,12H,5-6H2,1-2H3/i1D3. The van der Waals surface area contributed by atoms with Crippen molar-refractivity contribution >= 4 is 17.7 Å². The van der Waals surface area contributed by atoms with Gasteiger partial charge in [-0.3, -0.25) is 0 Å². The zero-order valence-electron chi connectivity index (χ0n) is 11.3. The van der Waals surface area contributed by atoms with Gasteiger partial charge in [0.05, 0.1) is 19.3 Å². The molecule has 82 valence electrons. The van der Waals surface area contributed by atoms with Gasteiger partial charge in [0.15, 0.2) is 0 Å². The highest BCUT2D eigenvalue weighted by molar-refractivity contribution is 7.99. The molecule has 1 N–H and O–H groups in total. The molecule has 0 aromatic heterocycles. The van der Waals surface area contributed by atoms with E-state index in [2.05, 4.69) is 4.74 Å². The molecule has 0 amide bonds. The van der Waals surface area contributed by atoms with Crippen molar-refractivity contribution in [2.24, 2.45) is 0 Å². The van der Waals surface area contributed by atoms with Gasteiger partial charge in [0.1, 0.15) is 0 Å². The molecule has 0 atom stereocenters. The zero-order chi connectivity index (χ0) is 13.8. The Balaban J connectivity index is 3.16. The van der Waals surface area contributed by atoms with E-state index in [9.17, 15) is 4.79 Å². The molecule has 0 unspecified atom stereocenters. The second-order valence-electron chi connectivity index (χ2n) is 2.77. The van der Waals surface area contributed by atoms with E-state index in [-0.39, 0.29) is 12.2 Å². The molecule has 0 heterocycles. The summed E-state index contributed by atoms with van der Waals surface area (Å²) in [5.41, 5.74) is 0.472. The minimum atomic E-state index is -2.24. The predicted molar refractivity (Wildman–Crippen MR) is 60.3 cm³/mol. The Hall–Kier alpha value is -1.00. The number of hydrogen-bond acceptors (Lipinski definition) is 4. The average Bonchev–Trinajstić information content (AvgIpc) is 2.33. The van der Waals surface area contributed by atoms with Crippen LogP contribution in [0.4, 0.5) is 0 Å². The first-order chi connectivity index (χ1) is 8.40. The summed E-state index contributed by atoms with van der Waals surface area (Å²) in [5, 5.41) is 8.79. The number of carbonyl (C=O) groups excluding carboxylic acids is 1. The SMILES string of the molecule is [2H]C([2H])([2H])c1ccc(C(=O)OC)cc1SCCO. The van der Waals surface area contributed by atoms with Crippen LogP contribution in [0.1, 0.15) is 20.0 Å². The van der Waals surface area contributed by atoms with Crippen LogP contribution in [-0.4, -0.2) is 30.5 Å². The van der Waals surface area contributed by atoms with Gasteiger partial charge in [-0.15, -0.1) is 11.8 Å². The molecule has 0 bridgehead atoms. The minimum Gasteiger partial charge on any atom is -0.465 e. The summed E-state index contributed by atoms with van der Waals surface area (Å²) in [7, 11) is 1.26. The van der Waals surface area contributed by atoms with Crippen LogP contribution < -0.4 is 0 Å². The van der Waals surface area contributed by atoms with Crippen molar-refractivity contribution < 1.29 is 18.8 Å². The molecule has 1 aromatic carbocycles. The lowest BCUT2D eigenvalue weighted by atomic mass is 10.1. The van der Waals surface area contributed by atoms with E-state index >= 15 is 0 Å². The highest BCUT2D eigenvalue weighted by Crippen LogP contribution is 2.23. The number of methoxy groups -OCH3 is 1. The van der Waals surface area contributed by atoms with E-state index in [0.29, 0.717) is 16.2 Å². The molecule has 0 radical (unpaired) electrons. The number of aliphatic hydroxyl groups is 1. The van der Waals surface area contributed by atoms with E-state index in [1.54, 1.807) is 0 Å². The quantitative estimate of drug-likeness (QED) is 0.632. The molecule has 15 heavy (non-hydrogen) atoms. The molecule has 1 aromatic rings. The summed E-state index contributed by atoms with van der Waals surface area (Å²) in [6.45, 7) is -2.31. The third kappa shape index (κ3) is 3.25. The molecular weight excluding hydrogens is 212 g/mol. The molecule has 0 aliphatic heterocycles. The molecule has 0 saturated heterocycles. The van der Waals surface area contributed by atoms with Crippen molar-refractivity contribution in [3.8, 4) is 0 Å². The smallest absolute Gasteiger partial charge is 0.337 e. The summed E-state index contributed by atoms with van der Waals surface area (Å²) in [5.74, 6) is -0.147. The summed E-state index contributed by atoms with van der Waals surface area (Å²) < 4.78 is 26.8. The van der Waals surface area contributed by atoms with E-state index < -0.39 is 12.8 Å². The summed E-state index contributed by atoms with van der Waals surface area (Å²) in [6.07, 6.45) is 0. The molecule has 0 fully saturated rings. The first-order valence-electron chi connectivity index (χ1n) is 5.86. The van der Waals surface area contributed by atoms with Crippen molar-refractivity contribution in [2.45, 2.75) is 11.7 Å². The molecule has 0 aliphatic carbocycles. The number of aliphatic hydroxyl groups excluding tert-OH is 1. The average molecular weight is 229 g/mol. The highest BCUT2D eigenvalue weighted by atomic mass is 32.2. The normalized spacial score (nSPS) is 13.9. The fraction of sp³-hybridized carbons (Fsp3) is 0.364. The van der Waals surface area contributed by atoms with Gasteiger partial charge in [0.25, 0.3) is 0 Å². The van der Waals surface area contributed by atoms with E-state index in [0.717, 1.165) is 0 Å². The monoisotopic (exact) mass is 229 g/mol. The van der Waals surface area contributed by atoms with Gasteiger partial charge >= 0.3 is 5.97 Å². The first-order valence-corrected chi connectivity index (χ1v) is 5.35. The van der Waals surface area contributed by atoms with Crippen molar-refractivity contribution in [3.63, 3.8) is 0 Å². The van der Waals surface area contributed by atoms with Crippen LogP contribution in [-0.2, 0) is 4.74 Å². The van der Waals surface area contributed by atoms with Gasteiger partial charge in [0, 0.05) is 14.8 Å². The fourth-order valence-corrected chi connectivity index (χ4v) is 1.79. The second-order valence-corrected chi connectivity index (χ2v) is 3.91. The molecule has 4 heteroatoms. The molecule has 3 nitrogen and oxygen atoms in total. The molecule has 1 rings (SSSR count). The predicted octanol–water partition coefficient (Wildman–Crippen LogP) is 1.87. The third-order valence-electron chi connectivity index (χ3n) is 1.75. The fourth-order valence-electron chi connectivity index (χ4n) is 1.04. The lowest BCUT2D eigenvalue weighted by molar-refractivity contribution is 0.0600. The van der Waals surface area contributed by atoms with Gasteiger partial charge in [-0.25, -0.2) is 4.79 Å². The van der Waals surface area contributed by atoms with Crippen LogP contribution >= 0.6 is 11.8 Å². The van der Waals surface area contributed by atoms with E-state index in [1.165, 1.54) is 37.1 Å². The Morgan fingerprint density at radius 1 is 1.67 bits per heavy atom. The molecule has 0 aliphatic rings. The first kappa shape index (κ1) is 8.19. The van der Waals surface area contributed by atoms with Crippen molar-refractivity contribution in [1.29, 1.82) is 0 Å². The Morgan fingerprint density at radius 3 is 3.07 bits per heavy atom. The van der Waals surface area contributed by atoms with Crippen LogP contribution in [0.25, 0.3) is 0 Å². The number of hydrogen-bond donors (Lipinski definition) is 1. The van der Waals surface area contributed by atoms with Crippen LogP contribution in [0.5, 0.6) is 0 Å². The Labute approximate surface area is 97.7 Å². The molecule has 0 spiro atoms. The Bertz CT molecular complexity index is 432. The molecule has 0 saturated carbocycles. The van der Waals surface area contributed by atoms with Crippen LogP contribution in [0, 0.1) is 6.85 Å². The maximum atomic E-state index is 11.4. The van der Waals surface area contributed by atoms with Crippen LogP contribution in [0.3, 0.4) is 0 Å². The molecular formula is C11H14O3S.